The molecule has 0 spiro atoms. The third-order valence-electron chi connectivity index (χ3n) is 4.63. The van der Waals surface area contributed by atoms with E-state index in [1.165, 1.54) is 5.56 Å². The van der Waals surface area contributed by atoms with Crippen LogP contribution in [0.3, 0.4) is 0 Å². The first-order chi connectivity index (χ1) is 13.7. The molecule has 7 heteroatoms. The summed E-state index contributed by atoms with van der Waals surface area (Å²) in [4.78, 5) is 20.5. The van der Waals surface area contributed by atoms with Gasteiger partial charge in [-0.25, -0.2) is 4.98 Å². The Kier molecular flexibility index (Phi) is 3.65. The van der Waals surface area contributed by atoms with E-state index in [0.717, 1.165) is 27.9 Å². The average molecular weight is 368 g/mol. The Balaban J connectivity index is 1.37. The summed E-state index contributed by atoms with van der Waals surface area (Å²) in [6.45, 7) is 2.05. The number of aromatic amines is 2. The van der Waals surface area contributed by atoms with Crippen molar-refractivity contribution in [1.29, 1.82) is 0 Å². The SMILES string of the molecule is Cc1ccc2nc(-c3ccc(NC(=O)c4ccc5n[nH]nc5c4)cc3)[nH]c2c1. The Hall–Kier alpha value is -4.00. The number of carbonyl (C=O) groups excluding carboxylic acids is 1. The molecule has 0 fully saturated rings. The summed E-state index contributed by atoms with van der Waals surface area (Å²) in [6.07, 6.45) is 0. The van der Waals surface area contributed by atoms with E-state index in [0.29, 0.717) is 16.8 Å². The molecule has 0 aliphatic rings. The lowest BCUT2D eigenvalue weighted by atomic mass is 10.1. The van der Waals surface area contributed by atoms with Gasteiger partial charge >= 0.3 is 0 Å². The fraction of sp³-hybridized carbons (Fsp3) is 0.0476. The minimum atomic E-state index is -0.197. The first-order valence-corrected chi connectivity index (χ1v) is 8.84. The van der Waals surface area contributed by atoms with Gasteiger partial charge in [0.2, 0.25) is 0 Å². The number of benzene rings is 3. The molecule has 2 aromatic heterocycles. The van der Waals surface area contributed by atoms with Crippen molar-refractivity contribution >= 4 is 33.7 Å². The third-order valence-corrected chi connectivity index (χ3v) is 4.63. The van der Waals surface area contributed by atoms with Gasteiger partial charge in [0.25, 0.3) is 5.91 Å². The predicted molar refractivity (Wildman–Crippen MR) is 108 cm³/mol. The molecular weight excluding hydrogens is 352 g/mol. The molecule has 0 saturated carbocycles. The summed E-state index contributed by atoms with van der Waals surface area (Å²) in [5, 5.41) is 13.4. The number of amides is 1. The van der Waals surface area contributed by atoms with Gasteiger partial charge in [-0.05, 0) is 67.1 Å². The molecule has 0 saturated heterocycles. The maximum Gasteiger partial charge on any atom is 0.255 e. The molecule has 2 heterocycles. The largest absolute Gasteiger partial charge is 0.338 e. The van der Waals surface area contributed by atoms with E-state index in [1.807, 2.05) is 36.4 Å². The van der Waals surface area contributed by atoms with Crippen LogP contribution in [0.4, 0.5) is 5.69 Å². The molecule has 3 aromatic carbocycles. The number of imidazole rings is 1. The van der Waals surface area contributed by atoms with E-state index >= 15 is 0 Å². The zero-order chi connectivity index (χ0) is 19.1. The molecule has 3 N–H and O–H groups in total. The highest BCUT2D eigenvalue weighted by atomic mass is 16.1. The summed E-state index contributed by atoms with van der Waals surface area (Å²) >= 11 is 0. The number of H-pyrrole nitrogens is 2. The second-order valence-corrected chi connectivity index (χ2v) is 6.66. The van der Waals surface area contributed by atoms with Crippen molar-refractivity contribution in [2.45, 2.75) is 6.92 Å². The smallest absolute Gasteiger partial charge is 0.255 e. The van der Waals surface area contributed by atoms with Gasteiger partial charge in [0, 0.05) is 16.8 Å². The Labute approximate surface area is 159 Å². The van der Waals surface area contributed by atoms with E-state index in [9.17, 15) is 4.79 Å². The van der Waals surface area contributed by atoms with Gasteiger partial charge in [0.1, 0.15) is 16.9 Å². The lowest BCUT2D eigenvalue weighted by Crippen LogP contribution is -2.11. The van der Waals surface area contributed by atoms with Gasteiger partial charge < -0.3 is 10.3 Å². The number of carbonyl (C=O) groups is 1. The van der Waals surface area contributed by atoms with E-state index in [1.54, 1.807) is 18.2 Å². The molecule has 0 atom stereocenters. The van der Waals surface area contributed by atoms with Crippen molar-refractivity contribution in [2.75, 3.05) is 5.32 Å². The predicted octanol–water partition coefficient (Wildman–Crippen LogP) is 4.06. The Bertz CT molecular complexity index is 1320. The normalized spacial score (nSPS) is 11.2. The number of hydrogen-bond acceptors (Lipinski definition) is 4. The van der Waals surface area contributed by atoms with Gasteiger partial charge in [-0.2, -0.15) is 15.4 Å². The first kappa shape index (κ1) is 16.2. The fourth-order valence-electron chi connectivity index (χ4n) is 3.16. The maximum absolute atomic E-state index is 12.5. The van der Waals surface area contributed by atoms with Crippen LogP contribution in [0.15, 0.2) is 60.7 Å². The van der Waals surface area contributed by atoms with Gasteiger partial charge in [0.15, 0.2) is 0 Å². The van der Waals surface area contributed by atoms with Crippen LogP contribution in [0.5, 0.6) is 0 Å². The highest BCUT2D eigenvalue weighted by Gasteiger charge is 2.10. The molecule has 1 amide bonds. The number of nitrogens with zero attached hydrogens (tertiary/aromatic N) is 3. The Morgan fingerprint density at radius 1 is 0.893 bits per heavy atom. The summed E-state index contributed by atoms with van der Waals surface area (Å²) in [6, 6.07) is 18.9. The van der Waals surface area contributed by atoms with Crippen LogP contribution < -0.4 is 5.32 Å². The van der Waals surface area contributed by atoms with Crippen molar-refractivity contribution in [3.63, 3.8) is 0 Å². The molecular formula is C21H16N6O. The fourth-order valence-corrected chi connectivity index (χ4v) is 3.16. The molecule has 5 rings (SSSR count). The standard InChI is InChI=1S/C21H16N6O/c1-12-2-8-16-18(10-12)24-20(23-16)13-3-6-15(7-4-13)22-21(28)14-5-9-17-19(11-14)26-27-25-17/h2-11H,1H3,(H,22,28)(H,23,24)(H,25,26,27). The van der Waals surface area contributed by atoms with E-state index in [4.69, 9.17) is 0 Å². The highest BCUT2D eigenvalue weighted by molar-refractivity contribution is 6.05. The molecule has 0 aliphatic heterocycles. The molecule has 0 radical (unpaired) electrons. The van der Waals surface area contributed by atoms with Crippen molar-refractivity contribution in [2.24, 2.45) is 0 Å². The molecule has 0 aliphatic carbocycles. The van der Waals surface area contributed by atoms with Gasteiger partial charge in [-0.3, -0.25) is 4.79 Å². The van der Waals surface area contributed by atoms with Crippen molar-refractivity contribution in [3.05, 3.63) is 71.8 Å². The van der Waals surface area contributed by atoms with Crippen LogP contribution in [0.25, 0.3) is 33.5 Å². The summed E-state index contributed by atoms with van der Waals surface area (Å²) < 4.78 is 0. The number of nitrogens with one attached hydrogen (secondary N) is 3. The first-order valence-electron chi connectivity index (χ1n) is 8.84. The average Bonchev–Trinajstić information content (AvgIpc) is 3.34. The monoisotopic (exact) mass is 368 g/mol. The summed E-state index contributed by atoms with van der Waals surface area (Å²) in [7, 11) is 0. The van der Waals surface area contributed by atoms with Crippen LogP contribution in [0, 0.1) is 6.92 Å². The molecule has 136 valence electrons. The van der Waals surface area contributed by atoms with Crippen molar-refractivity contribution in [1.82, 2.24) is 25.4 Å². The van der Waals surface area contributed by atoms with Crippen molar-refractivity contribution < 1.29 is 4.79 Å². The van der Waals surface area contributed by atoms with Crippen LogP contribution in [-0.4, -0.2) is 31.3 Å². The van der Waals surface area contributed by atoms with Gasteiger partial charge in [0.05, 0.1) is 11.0 Å². The molecule has 5 aromatic rings. The van der Waals surface area contributed by atoms with Gasteiger partial charge in [-0.15, -0.1) is 0 Å². The number of anilines is 1. The van der Waals surface area contributed by atoms with Crippen LogP contribution in [-0.2, 0) is 0 Å². The van der Waals surface area contributed by atoms with Crippen molar-refractivity contribution in [3.8, 4) is 11.4 Å². The molecule has 28 heavy (non-hydrogen) atoms. The van der Waals surface area contributed by atoms with Gasteiger partial charge in [-0.1, -0.05) is 6.07 Å². The zero-order valence-electron chi connectivity index (χ0n) is 15.0. The third kappa shape index (κ3) is 2.88. The summed E-state index contributed by atoms with van der Waals surface area (Å²) in [5.74, 6) is 0.604. The number of aryl methyl sites for hydroxylation is 1. The maximum atomic E-state index is 12.5. The van der Waals surface area contributed by atoms with E-state index in [-0.39, 0.29) is 5.91 Å². The van der Waals surface area contributed by atoms with E-state index < -0.39 is 0 Å². The summed E-state index contributed by atoms with van der Waals surface area (Å²) in [5.41, 5.74) is 6.70. The molecule has 0 unspecified atom stereocenters. The quantitative estimate of drug-likeness (QED) is 0.447. The molecule has 7 nitrogen and oxygen atoms in total. The lowest BCUT2D eigenvalue weighted by Gasteiger charge is -2.06. The Morgan fingerprint density at radius 3 is 2.54 bits per heavy atom. The molecule has 0 bridgehead atoms. The van der Waals surface area contributed by atoms with E-state index in [2.05, 4.69) is 43.7 Å². The zero-order valence-corrected chi connectivity index (χ0v) is 15.0. The minimum Gasteiger partial charge on any atom is -0.338 e. The second-order valence-electron chi connectivity index (χ2n) is 6.66. The second kappa shape index (κ2) is 6.31. The number of fused-ring (bicyclic) bond motifs is 2. The van der Waals surface area contributed by atoms with Crippen LogP contribution >= 0.6 is 0 Å². The minimum absolute atomic E-state index is 0.197. The highest BCUT2D eigenvalue weighted by Crippen LogP contribution is 2.23. The van der Waals surface area contributed by atoms with Crippen LogP contribution in [0.2, 0.25) is 0 Å². The number of hydrogen-bond donors (Lipinski definition) is 3. The Morgan fingerprint density at radius 2 is 1.68 bits per heavy atom. The topological polar surface area (TPSA) is 99.3 Å². The number of rotatable bonds is 3. The number of aromatic nitrogens is 5. The lowest BCUT2D eigenvalue weighted by molar-refractivity contribution is 0.102. The van der Waals surface area contributed by atoms with Crippen LogP contribution in [0.1, 0.15) is 15.9 Å².